The summed E-state index contributed by atoms with van der Waals surface area (Å²) in [7, 11) is -3.91. The summed E-state index contributed by atoms with van der Waals surface area (Å²) in [4.78, 5) is 11.1. The quantitative estimate of drug-likeness (QED) is 0.303. The van der Waals surface area contributed by atoms with Crippen LogP contribution in [0.1, 0.15) is 6.92 Å². The van der Waals surface area contributed by atoms with Crippen LogP contribution in [0.15, 0.2) is 12.2 Å². The highest BCUT2D eigenvalue weighted by Gasteiger charge is 2.32. The number of carbonyl (C=O) groups excluding carboxylic acids is 1. The maximum Gasteiger partial charge on any atom is 0.333 e. The van der Waals surface area contributed by atoms with E-state index >= 15 is 0 Å². The predicted molar refractivity (Wildman–Crippen MR) is 79.7 cm³/mol. The number of aliphatic hydroxyl groups is 1. The van der Waals surface area contributed by atoms with Gasteiger partial charge in [-0.25, -0.2) is 4.79 Å². The van der Waals surface area contributed by atoms with Gasteiger partial charge >= 0.3 is 5.97 Å². The van der Waals surface area contributed by atoms with E-state index in [-0.39, 0.29) is 12.8 Å². The van der Waals surface area contributed by atoms with Gasteiger partial charge in [0, 0.05) is 5.57 Å². The van der Waals surface area contributed by atoms with Crippen molar-refractivity contribution in [2.75, 3.05) is 25.7 Å². The zero-order valence-corrected chi connectivity index (χ0v) is 14.6. The SMILES string of the molecule is C=C(C)C(=O)OCCOC[Si](C)(C)O[Si](C)(C)CO. The second-order valence-corrected chi connectivity index (χ2v) is 14.2. The Balaban J connectivity index is 3.87. The van der Waals surface area contributed by atoms with Crippen molar-refractivity contribution >= 4 is 22.6 Å². The molecule has 0 atom stereocenters. The second-order valence-electron chi connectivity index (χ2n) is 5.75. The van der Waals surface area contributed by atoms with Gasteiger partial charge in [-0.15, -0.1) is 0 Å². The van der Waals surface area contributed by atoms with Crippen LogP contribution in [0.3, 0.4) is 0 Å². The van der Waals surface area contributed by atoms with Gasteiger partial charge in [0.15, 0.2) is 16.6 Å². The molecule has 0 aromatic rings. The molecule has 0 aromatic carbocycles. The van der Waals surface area contributed by atoms with Crippen LogP contribution in [-0.4, -0.2) is 53.4 Å². The highest BCUT2D eigenvalue weighted by molar-refractivity contribution is 6.84. The molecule has 0 unspecified atom stereocenters. The molecule has 0 rings (SSSR count). The van der Waals surface area contributed by atoms with Gasteiger partial charge in [-0.3, -0.25) is 0 Å². The highest BCUT2D eigenvalue weighted by Crippen LogP contribution is 2.14. The van der Waals surface area contributed by atoms with Gasteiger partial charge in [0.1, 0.15) is 6.61 Å². The first kappa shape index (κ1) is 18.5. The van der Waals surface area contributed by atoms with Gasteiger partial charge < -0.3 is 18.7 Å². The van der Waals surface area contributed by atoms with E-state index in [2.05, 4.69) is 19.7 Å². The minimum Gasteiger partial charge on any atom is -0.460 e. The number of carbonyl (C=O) groups is 1. The summed E-state index contributed by atoms with van der Waals surface area (Å²) in [6.45, 7) is 13.7. The maximum absolute atomic E-state index is 11.1. The molecular formula is C12H26O5Si2. The number of hydrogen-bond donors (Lipinski definition) is 1. The Morgan fingerprint density at radius 2 is 1.74 bits per heavy atom. The number of hydrogen-bond acceptors (Lipinski definition) is 5. The first-order chi connectivity index (χ1) is 8.59. The largest absolute Gasteiger partial charge is 0.460 e. The molecule has 0 amide bonds. The molecular weight excluding hydrogens is 280 g/mol. The van der Waals surface area contributed by atoms with Gasteiger partial charge in [0.25, 0.3) is 0 Å². The van der Waals surface area contributed by atoms with Crippen LogP contribution in [0, 0.1) is 0 Å². The summed E-state index contributed by atoms with van der Waals surface area (Å²) >= 11 is 0. The second kappa shape index (κ2) is 7.96. The van der Waals surface area contributed by atoms with Crippen LogP contribution in [0.25, 0.3) is 0 Å². The van der Waals surface area contributed by atoms with E-state index < -0.39 is 22.6 Å². The van der Waals surface area contributed by atoms with Crippen molar-refractivity contribution in [1.82, 2.24) is 0 Å². The van der Waals surface area contributed by atoms with E-state index in [0.29, 0.717) is 18.4 Å². The van der Waals surface area contributed by atoms with Crippen LogP contribution in [0.2, 0.25) is 26.2 Å². The van der Waals surface area contributed by atoms with Crippen LogP contribution >= 0.6 is 0 Å². The maximum atomic E-state index is 11.1. The molecule has 112 valence electrons. The molecule has 0 fully saturated rings. The molecule has 1 N–H and O–H groups in total. The lowest BCUT2D eigenvalue weighted by Gasteiger charge is -2.32. The zero-order valence-electron chi connectivity index (χ0n) is 12.6. The van der Waals surface area contributed by atoms with E-state index in [1.54, 1.807) is 6.92 Å². The number of rotatable bonds is 9. The monoisotopic (exact) mass is 306 g/mol. The Bertz CT molecular complexity index is 315. The topological polar surface area (TPSA) is 65.0 Å². The molecule has 0 bridgehead atoms. The summed E-state index contributed by atoms with van der Waals surface area (Å²) in [5.41, 5.74) is 0.383. The summed E-state index contributed by atoms with van der Waals surface area (Å²) in [5.74, 6) is -0.398. The average Bonchev–Trinajstić information content (AvgIpc) is 2.26. The van der Waals surface area contributed by atoms with Crippen molar-refractivity contribution in [2.24, 2.45) is 0 Å². The van der Waals surface area contributed by atoms with Gasteiger partial charge in [-0.05, 0) is 33.1 Å². The number of aliphatic hydroxyl groups excluding tert-OH is 1. The van der Waals surface area contributed by atoms with E-state index in [1.165, 1.54) is 0 Å². The van der Waals surface area contributed by atoms with E-state index in [9.17, 15) is 9.90 Å². The van der Waals surface area contributed by atoms with Gasteiger partial charge in [0.2, 0.25) is 0 Å². The van der Waals surface area contributed by atoms with E-state index in [0.717, 1.165) is 0 Å². The first-order valence-electron chi connectivity index (χ1n) is 6.31. The third-order valence-corrected chi connectivity index (χ3v) is 8.27. The average molecular weight is 307 g/mol. The molecule has 0 radical (unpaired) electrons. The third kappa shape index (κ3) is 9.12. The Hall–Kier alpha value is -0.476. The molecule has 0 saturated carbocycles. The smallest absolute Gasteiger partial charge is 0.333 e. The van der Waals surface area contributed by atoms with Crippen LogP contribution < -0.4 is 0 Å². The van der Waals surface area contributed by atoms with Crippen molar-refractivity contribution < 1.29 is 23.5 Å². The van der Waals surface area contributed by atoms with Crippen LogP contribution in [0.4, 0.5) is 0 Å². The lowest BCUT2D eigenvalue weighted by molar-refractivity contribution is -0.140. The fourth-order valence-corrected chi connectivity index (χ4v) is 8.56. The highest BCUT2D eigenvalue weighted by atomic mass is 28.4. The van der Waals surface area contributed by atoms with Crippen molar-refractivity contribution in [3.8, 4) is 0 Å². The Kier molecular flexibility index (Phi) is 7.76. The normalized spacial score (nSPS) is 12.3. The number of esters is 1. The van der Waals surface area contributed by atoms with E-state index in [1.807, 2.05) is 13.1 Å². The number of ether oxygens (including phenoxy) is 2. The molecule has 0 aliphatic rings. The first-order valence-corrected chi connectivity index (χ1v) is 12.5. The van der Waals surface area contributed by atoms with Crippen LogP contribution in [-0.2, 0) is 18.4 Å². The Morgan fingerprint density at radius 1 is 1.16 bits per heavy atom. The van der Waals surface area contributed by atoms with Crippen LogP contribution in [0.5, 0.6) is 0 Å². The molecule has 0 aliphatic heterocycles. The predicted octanol–water partition coefficient (Wildman–Crippen LogP) is 1.62. The minimum atomic E-state index is -1.97. The van der Waals surface area contributed by atoms with Crippen molar-refractivity contribution in [3.63, 3.8) is 0 Å². The fraction of sp³-hybridized carbons (Fsp3) is 0.750. The fourth-order valence-electron chi connectivity index (χ4n) is 1.44. The Labute approximate surface area is 117 Å². The zero-order chi connectivity index (χ0) is 15.1. The lowest BCUT2D eigenvalue weighted by Crippen LogP contribution is -2.50. The summed E-state index contributed by atoms with van der Waals surface area (Å²) in [6, 6.07) is 0. The molecule has 0 saturated heterocycles. The van der Waals surface area contributed by atoms with E-state index in [4.69, 9.17) is 13.6 Å². The molecule has 0 aromatic heterocycles. The summed E-state index contributed by atoms with van der Waals surface area (Å²) in [5, 5.41) is 9.23. The molecule has 0 spiro atoms. The van der Waals surface area contributed by atoms with Crippen molar-refractivity contribution in [2.45, 2.75) is 33.1 Å². The third-order valence-electron chi connectivity index (χ3n) is 2.19. The summed E-state index contributed by atoms with van der Waals surface area (Å²) < 4.78 is 16.4. The molecule has 7 heteroatoms. The Morgan fingerprint density at radius 3 is 2.21 bits per heavy atom. The molecule has 19 heavy (non-hydrogen) atoms. The van der Waals surface area contributed by atoms with Gasteiger partial charge in [0.05, 0.1) is 19.1 Å². The van der Waals surface area contributed by atoms with Gasteiger partial charge in [-0.1, -0.05) is 6.58 Å². The molecule has 0 heterocycles. The van der Waals surface area contributed by atoms with Crippen molar-refractivity contribution in [1.29, 1.82) is 0 Å². The minimum absolute atomic E-state index is 0.111. The van der Waals surface area contributed by atoms with Gasteiger partial charge in [-0.2, -0.15) is 0 Å². The summed E-state index contributed by atoms with van der Waals surface area (Å²) in [6.07, 6.45) is 0.633. The van der Waals surface area contributed by atoms with Crippen molar-refractivity contribution in [3.05, 3.63) is 12.2 Å². The molecule has 5 nitrogen and oxygen atoms in total. The molecule has 0 aliphatic carbocycles. The lowest BCUT2D eigenvalue weighted by atomic mass is 10.4. The standard InChI is InChI=1S/C12H26O5Si2/c1-11(2)12(14)16-8-7-15-10-19(5,6)17-18(3,4)9-13/h13H,1,7-10H2,2-6H3.